The van der Waals surface area contributed by atoms with Gasteiger partial charge in [0, 0.05) is 0 Å². The second kappa shape index (κ2) is 7.73. The fourth-order valence-corrected chi connectivity index (χ4v) is 1.73. The smallest absolute Gasteiger partial charge is 0.338 e. The zero-order valence-corrected chi connectivity index (χ0v) is 12.8. The molecule has 0 aliphatic heterocycles. The van der Waals surface area contributed by atoms with E-state index in [9.17, 15) is 4.79 Å². The summed E-state index contributed by atoms with van der Waals surface area (Å²) in [5.41, 5.74) is 1.37. The molecule has 0 unspecified atom stereocenters. The lowest BCUT2D eigenvalue weighted by molar-refractivity contribution is 0.00695. The normalized spacial score (nSPS) is 11.6. The van der Waals surface area contributed by atoms with Crippen LogP contribution in [0.1, 0.15) is 49.5 Å². The van der Waals surface area contributed by atoms with Crippen molar-refractivity contribution >= 4 is 5.97 Å². The van der Waals surface area contributed by atoms with Gasteiger partial charge in [-0.15, -0.1) is 0 Å². The molecular weight excluding hydrogens is 252 g/mol. The summed E-state index contributed by atoms with van der Waals surface area (Å²) in [6, 6.07) is 7.63. The number of hydrogen-bond acceptors (Lipinski definition) is 3. The van der Waals surface area contributed by atoms with E-state index >= 15 is 0 Å². The Balaban J connectivity index is 2.48. The van der Waals surface area contributed by atoms with Gasteiger partial charge in [0.15, 0.2) is 0 Å². The second-order valence-corrected chi connectivity index (χ2v) is 5.70. The minimum absolute atomic E-state index is 0.271. The molecule has 0 heterocycles. The summed E-state index contributed by atoms with van der Waals surface area (Å²) < 4.78 is 10.2. The zero-order valence-electron chi connectivity index (χ0n) is 12.8. The van der Waals surface area contributed by atoms with Gasteiger partial charge < -0.3 is 9.47 Å². The predicted octanol–water partition coefficient (Wildman–Crippen LogP) is 4.12. The van der Waals surface area contributed by atoms with Crippen LogP contribution < -0.4 is 0 Å². The van der Waals surface area contributed by atoms with Crippen LogP contribution in [0, 0.1) is 0 Å². The van der Waals surface area contributed by atoms with Crippen molar-refractivity contribution < 1.29 is 14.3 Å². The largest absolute Gasteiger partial charge is 0.505 e. The van der Waals surface area contributed by atoms with E-state index in [1.165, 1.54) is 5.56 Å². The quantitative estimate of drug-likeness (QED) is 0.445. The van der Waals surface area contributed by atoms with E-state index in [1.807, 2.05) is 51.1 Å². The number of methoxy groups -OCH3 is 1. The van der Waals surface area contributed by atoms with E-state index in [2.05, 4.69) is 0 Å². The number of carbonyl (C=O) groups is 1. The van der Waals surface area contributed by atoms with Gasteiger partial charge in [-0.05, 0) is 63.8 Å². The number of esters is 1. The molecule has 0 fully saturated rings. The van der Waals surface area contributed by atoms with E-state index in [0.717, 1.165) is 19.3 Å². The summed E-state index contributed by atoms with van der Waals surface area (Å²) in [6.45, 7) is 5.60. The van der Waals surface area contributed by atoms with Crippen molar-refractivity contribution in [3.63, 3.8) is 0 Å². The Morgan fingerprint density at radius 3 is 2.40 bits per heavy atom. The zero-order chi connectivity index (χ0) is 15.0. The van der Waals surface area contributed by atoms with Gasteiger partial charge >= 0.3 is 5.97 Å². The second-order valence-electron chi connectivity index (χ2n) is 5.70. The lowest BCUT2D eigenvalue weighted by atomic mass is 10.1. The average Bonchev–Trinajstić information content (AvgIpc) is 2.37. The van der Waals surface area contributed by atoms with Crippen LogP contribution in [0.3, 0.4) is 0 Å². The molecule has 0 spiro atoms. The van der Waals surface area contributed by atoms with Gasteiger partial charge in [-0.1, -0.05) is 12.1 Å². The van der Waals surface area contributed by atoms with Crippen molar-refractivity contribution in [2.24, 2.45) is 0 Å². The van der Waals surface area contributed by atoms with Crippen molar-refractivity contribution in [3.05, 3.63) is 47.7 Å². The number of aryl methyl sites for hydroxylation is 1. The standard InChI is InChI=1S/C17H24O3/c1-17(2,3)20-16(18)15-11-9-14(10-12-15)8-6-5-7-13-19-4/h7,9-13H,5-6,8H2,1-4H3/b13-7+. The molecule has 0 aliphatic carbocycles. The summed E-state index contributed by atoms with van der Waals surface area (Å²) in [6.07, 6.45) is 6.75. The summed E-state index contributed by atoms with van der Waals surface area (Å²) in [5.74, 6) is -0.271. The van der Waals surface area contributed by atoms with Crippen LogP contribution in [0.15, 0.2) is 36.6 Å². The molecular formula is C17H24O3. The first-order chi connectivity index (χ1) is 9.42. The number of unbranched alkanes of at least 4 members (excludes halogenated alkanes) is 1. The summed E-state index contributed by atoms with van der Waals surface area (Å²) in [7, 11) is 1.64. The summed E-state index contributed by atoms with van der Waals surface area (Å²) in [4.78, 5) is 11.9. The molecule has 0 saturated heterocycles. The maximum atomic E-state index is 11.9. The van der Waals surface area contributed by atoms with Crippen LogP contribution >= 0.6 is 0 Å². The number of rotatable bonds is 6. The van der Waals surface area contributed by atoms with Gasteiger partial charge in [-0.25, -0.2) is 4.79 Å². The van der Waals surface area contributed by atoms with E-state index in [4.69, 9.17) is 9.47 Å². The van der Waals surface area contributed by atoms with Gasteiger partial charge in [0.1, 0.15) is 5.60 Å². The van der Waals surface area contributed by atoms with Gasteiger partial charge in [0.25, 0.3) is 0 Å². The molecule has 1 aromatic rings. The molecule has 1 aromatic carbocycles. The molecule has 20 heavy (non-hydrogen) atoms. The fraction of sp³-hybridized carbons (Fsp3) is 0.471. The van der Waals surface area contributed by atoms with Gasteiger partial charge in [0.2, 0.25) is 0 Å². The van der Waals surface area contributed by atoms with Crippen LogP contribution in [-0.4, -0.2) is 18.7 Å². The maximum absolute atomic E-state index is 11.9. The maximum Gasteiger partial charge on any atom is 0.338 e. The Hall–Kier alpha value is -1.77. The van der Waals surface area contributed by atoms with Crippen molar-refractivity contribution in [3.8, 4) is 0 Å². The third-order valence-corrected chi connectivity index (χ3v) is 2.66. The molecule has 110 valence electrons. The Bertz CT molecular complexity index is 438. The van der Waals surface area contributed by atoms with E-state index < -0.39 is 5.60 Å². The molecule has 0 radical (unpaired) electrons. The van der Waals surface area contributed by atoms with E-state index in [1.54, 1.807) is 13.4 Å². The topological polar surface area (TPSA) is 35.5 Å². The predicted molar refractivity (Wildman–Crippen MR) is 80.7 cm³/mol. The molecule has 0 amide bonds. The van der Waals surface area contributed by atoms with E-state index in [-0.39, 0.29) is 5.97 Å². The van der Waals surface area contributed by atoms with Crippen LogP contribution in [-0.2, 0) is 15.9 Å². The SMILES string of the molecule is CO/C=C/CCCc1ccc(C(=O)OC(C)(C)C)cc1. The summed E-state index contributed by atoms with van der Waals surface area (Å²) in [5, 5.41) is 0. The van der Waals surface area contributed by atoms with Crippen molar-refractivity contribution in [1.29, 1.82) is 0 Å². The molecule has 0 aliphatic rings. The fourth-order valence-electron chi connectivity index (χ4n) is 1.73. The minimum Gasteiger partial charge on any atom is -0.505 e. The molecule has 0 N–H and O–H groups in total. The molecule has 1 rings (SSSR count). The first-order valence-electron chi connectivity index (χ1n) is 6.92. The third-order valence-electron chi connectivity index (χ3n) is 2.66. The summed E-state index contributed by atoms with van der Waals surface area (Å²) >= 11 is 0. The molecule has 0 aromatic heterocycles. The highest BCUT2D eigenvalue weighted by molar-refractivity contribution is 5.89. The van der Waals surface area contributed by atoms with Crippen molar-refractivity contribution in [1.82, 2.24) is 0 Å². The Morgan fingerprint density at radius 1 is 1.20 bits per heavy atom. The van der Waals surface area contributed by atoms with Gasteiger partial charge in [-0.2, -0.15) is 0 Å². The first kappa shape index (κ1) is 16.3. The Labute approximate surface area is 121 Å². The molecule has 0 saturated carbocycles. The monoisotopic (exact) mass is 276 g/mol. The Kier molecular flexibility index (Phi) is 6.29. The first-order valence-corrected chi connectivity index (χ1v) is 6.92. The van der Waals surface area contributed by atoms with Crippen molar-refractivity contribution in [2.75, 3.05) is 7.11 Å². The number of carbonyl (C=O) groups excluding carboxylic acids is 1. The molecule has 3 nitrogen and oxygen atoms in total. The highest BCUT2D eigenvalue weighted by atomic mass is 16.6. The number of ether oxygens (including phenoxy) is 2. The number of allylic oxidation sites excluding steroid dienone is 1. The van der Waals surface area contributed by atoms with Crippen LogP contribution in [0.2, 0.25) is 0 Å². The third kappa shape index (κ3) is 6.41. The van der Waals surface area contributed by atoms with Crippen LogP contribution in [0.5, 0.6) is 0 Å². The number of benzene rings is 1. The molecule has 3 heteroatoms. The van der Waals surface area contributed by atoms with Crippen LogP contribution in [0.4, 0.5) is 0 Å². The number of hydrogen-bond donors (Lipinski definition) is 0. The molecule has 0 bridgehead atoms. The molecule has 0 atom stereocenters. The van der Waals surface area contributed by atoms with Crippen LogP contribution in [0.25, 0.3) is 0 Å². The highest BCUT2D eigenvalue weighted by Crippen LogP contribution is 2.14. The minimum atomic E-state index is -0.455. The van der Waals surface area contributed by atoms with E-state index in [0.29, 0.717) is 5.56 Å². The van der Waals surface area contributed by atoms with Crippen molar-refractivity contribution in [2.45, 2.75) is 45.6 Å². The Morgan fingerprint density at radius 2 is 1.85 bits per heavy atom. The van der Waals surface area contributed by atoms with Gasteiger partial charge in [0.05, 0.1) is 18.9 Å². The highest BCUT2D eigenvalue weighted by Gasteiger charge is 2.17. The average molecular weight is 276 g/mol. The lowest BCUT2D eigenvalue weighted by Gasteiger charge is -2.19. The van der Waals surface area contributed by atoms with Gasteiger partial charge in [-0.3, -0.25) is 0 Å². The lowest BCUT2D eigenvalue weighted by Crippen LogP contribution is -2.23.